The Bertz CT molecular complexity index is 759. The summed E-state index contributed by atoms with van der Waals surface area (Å²) in [4.78, 5) is 21.3. The average molecular weight is 324 g/mol. The lowest BCUT2D eigenvalue weighted by Gasteiger charge is -2.31. The van der Waals surface area contributed by atoms with Gasteiger partial charge in [0.1, 0.15) is 0 Å². The molecule has 1 aliphatic rings. The van der Waals surface area contributed by atoms with Crippen molar-refractivity contribution >= 4 is 17.5 Å². The molecule has 0 saturated heterocycles. The first-order valence-electron chi connectivity index (χ1n) is 7.95. The van der Waals surface area contributed by atoms with Crippen LogP contribution < -0.4 is 10.2 Å². The van der Waals surface area contributed by atoms with Gasteiger partial charge in [0.05, 0.1) is 18.6 Å². The number of amides is 1. The second kappa shape index (κ2) is 7.55. The number of carbonyl (C=O) groups excluding carboxylic acids is 1. The van der Waals surface area contributed by atoms with E-state index in [-0.39, 0.29) is 6.61 Å². The third-order valence-electron chi connectivity index (χ3n) is 3.91. The van der Waals surface area contributed by atoms with Crippen molar-refractivity contribution in [3.8, 4) is 11.8 Å². The number of aromatic nitrogens is 2. The number of imidazole rings is 1. The van der Waals surface area contributed by atoms with Gasteiger partial charge in [-0.1, -0.05) is 12.0 Å². The van der Waals surface area contributed by atoms with Crippen molar-refractivity contribution in [1.29, 1.82) is 0 Å². The third-order valence-corrected chi connectivity index (χ3v) is 3.91. The molecule has 1 aromatic heterocycles. The molecule has 0 fully saturated rings. The number of nitrogens with zero attached hydrogens (tertiary/aromatic N) is 2. The van der Waals surface area contributed by atoms with Crippen LogP contribution in [0.25, 0.3) is 0 Å². The van der Waals surface area contributed by atoms with Gasteiger partial charge in [-0.2, -0.15) is 0 Å². The van der Waals surface area contributed by atoms with E-state index in [9.17, 15) is 4.79 Å². The minimum atomic E-state index is -0.493. The lowest BCUT2D eigenvalue weighted by Crippen LogP contribution is -2.29. The molecule has 2 aromatic rings. The predicted octanol–water partition coefficient (Wildman–Crippen LogP) is 2.93. The second-order valence-electron chi connectivity index (χ2n) is 5.56. The van der Waals surface area contributed by atoms with Crippen LogP contribution in [-0.4, -0.2) is 29.2 Å². The Labute approximate surface area is 141 Å². The number of hydrogen-bond donors (Lipinski definition) is 2. The summed E-state index contributed by atoms with van der Waals surface area (Å²) in [6, 6.07) is 5.96. The first-order chi connectivity index (χ1) is 11.8. The molecule has 6 heteroatoms. The van der Waals surface area contributed by atoms with Gasteiger partial charge in [-0.15, -0.1) is 5.92 Å². The maximum absolute atomic E-state index is 11.8. The summed E-state index contributed by atoms with van der Waals surface area (Å²) in [6.45, 7) is 3.52. The lowest BCUT2D eigenvalue weighted by atomic mass is 10.0. The van der Waals surface area contributed by atoms with E-state index < -0.39 is 6.09 Å². The molecular weight excluding hydrogens is 304 g/mol. The largest absolute Gasteiger partial charge is 0.436 e. The highest BCUT2D eigenvalue weighted by molar-refractivity contribution is 5.86. The minimum Gasteiger partial charge on any atom is -0.436 e. The van der Waals surface area contributed by atoms with Gasteiger partial charge in [-0.05, 0) is 37.5 Å². The average Bonchev–Trinajstić information content (AvgIpc) is 3.09. The van der Waals surface area contributed by atoms with Gasteiger partial charge in [-0.3, -0.25) is 5.32 Å². The van der Waals surface area contributed by atoms with Crippen molar-refractivity contribution in [3.05, 3.63) is 42.0 Å². The number of aryl methyl sites for hydroxylation is 1. The molecule has 0 aliphatic carbocycles. The van der Waals surface area contributed by atoms with Crippen molar-refractivity contribution < 1.29 is 9.53 Å². The number of nitrogens with one attached hydrogen (secondary N) is 2. The molecular formula is C18H20N4O2. The molecule has 24 heavy (non-hydrogen) atoms. The number of benzene rings is 1. The van der Waals surface area contributed by atoms with Crippen LogP contribution in [0.3, 0.4) is 0 Å². The normalized spacial score (nSPS) is 12.8. The van der Waals surface area contributed by atoms with E-state index in [1.165, 1.54) is 5.56 Å². The maximum Gasteiger partial charge on any atom is 0.412 e. The third kappa shape index (κ3) is 3.87. The van der Waals surface area contributed by atoms with Gasteiger partial charge < -0.3 is 14.6 Å². The first kappa shape index (κ1) is 15.9. The van der Waals surface area contributed by atoms with E-state index in [1.54, 1.807) is 13.3 Å². The molecule has 0 bridgehead atoms. The van der Waals surface area contributed by atoms with Crippen LogP contribution in [0.5, 0.6) is 0 Å². The zero-order chi connectivity index (χ0) is 16.8. The van der Waals surface area contributed by atoms with E-state index in [2.05, 4.69) is 38.1 Å². The summed E-state index contributed by atoms with van der Waals surface area (Å²) in [6.07, 6.45) is 5.26. The summed E-state index contributed by atoms with van der Waals surface area (Å²) < 4.78 is 4.99. The van der Waals surface area contributed by atoms with Gasteiger partial charge in [0.25, 0.3) is 0 Å². The van der Waals surface area contributed by atoms with Gasteiger partial charge in [0.2, 0.25) is 0 Å². The van der Waals surface area contributed by atoms with Crippen molar-refractivity contribution in [3.63, 3.8) is 0 Å². The van der Waals surface area contributed by atoms with Gasteiger partial charge in [0, 0.05) is 24.1 Å². The topological polar surface area (TPSA) is 70.2 Å². The fraction of sp³-hybridized carbons (Fsp3) is 0.333. The highest BCUT2D eigenvalue weighted by Gasteiger charge is 2.18. The first-order valence-corrected chi connectivity index (χ1v) is 7.95. The molecule has 1 aliphatic heterocycles. The molecule has 2 heterocycles. The van der Waals surface area contributed by atoms with E-state index >= 15 is 0 Å². The molecule has 6 nitrogen and oxygen atoms in total. The number of aromatic amines is 1. The monoisotopic (exact) mass is 324 g/mol. The smallest absolute Gasteiger partial charge is 0.412 e. The zero-order valence-corrected chi connectivity index (χ0v) is 13.6. The highest BCUT2D eigenvalue weighted by atomic mass is 16.5. The molecule has 0 saturated carbocycles. The Balaban J connectivity index is 1.72. The zero-order valence-electron chi connectivity index (χ0n) is 13.6. The number of H-pyrrole nitrogens is 1. The van der Waals surface area contributed by atoms with Crippen LogP contribution in [0, 0.1) is 11.8 Å². The van der Waals surface area contributed by atoms with E-state index in [0.29, 0.717) is 0 Å². The van der Waals surface area contributed by atoms with Crippen LogP contribution in [0.15, 0.2) is 30.7 Å². The quantitative estimate of drug-likeness (QED) is 0.848. The van der Waals surface area contributed by atoms with Crippen LogP contribution >= 0.6 is 0 Å². The molecule has 124 valence electrons. The summed E-state index contributed by atoms with van der Waals surface area (Å²) >= 11 is 0. The summed E-state index contributed by atoms with van der Waals surface area (Å²) in [7, 11) is 0. The summed E-state index contributed by atoms with van der Waals surface area (Å²) in [5.74, 6) is 5.38. The number of rotatable bonds is 4. The Kier molecular flexibility index (Phi) is 5.02. The number of ether oxygens (including phenoxy) is 1. The number of hydrogen-bond acceptors (Lipinski definition) is 4. The summed E-state index contributed by atoms with van der Waals surface area (Å²) in [5.41, 5.74) is 4.14. The van der Waals surface area contributed by atoms with Crippen molar-refractivity contribution in [2.24, 2.45) is 0 Å². The maximum atomic E-state index is 11.8. The van der Waals surface area contributed by atoms with E-state index in [0.717, 1.165) is 43.0 Å². The Morgan fingerprint density at radius 1 is 1.50 bits per heavy atom. The number of carbonyl (C=O) groups is 1. The molecule has 2 N–H and O–H groups in total. The van der Waals surface area contributed by atoms with Crippen LogP contribution in [0.2, 0.25) is 0 Å². The van der Waals surface area contributed by atoms with E-state index in [1.807, 2.05) is 18.3 Å². The highest BCUT2D eigenvalue weighted by Crippen LogP contribution is 2.31. The molecule has 0 unspecified atom stereocenters. The molecule has 1 aromatic carbocycles. The van der Waals surface area contributed by atoms with Gasteiger partial charge in [0.15, 0.2) is 6.61 Å². The molecule has 0 radical (unpaired) electrons. The number of anilines is 2. The second-order valence-corrected chi connectivity index (χ2v) is 5.56. The SMILES string of the molecule is CC#CCOC(=O)Nc1ccc2c(c1)N(Cc1c[nH]cn1)CCC2. The van der Waals surface area contributed by atoms with Crippen LogP contribution in [0.1, 0.15) is 24.6 Å². The van der Waals surface area contributed by atoms with Crippen LogP contribution in [-0.2, 0) is 17.7 Å². The fourth-order valence-electron chi connectivity index (χ4n) is 2.79. The van der Waals surface area contributed by atoms with Crippen molar-refractivity contribution in [1.82, 2.24) is 9.97 Å². The van der Waals surface area contributed by atoms with E-state index in [4.69, 9.17) is 4.74 Å². The van der Waals surface area contributed by atoms with Crippen molar-refractivity contribution in [2.45, 2.75) is 26.3 Å². The van der Waals surface area contributed by atoms with Crippen LogP contribution in [0.4, 0.5) is 16.2 Å². The predicted molar refractivity (Wildman–Crippen MR) is 92.8 cm³/mol. The molecule has 1 amide bonds. The minimum absolute atomic E-state index is 0.0958. The standard InChI is InChI=1S/C18H20N4O2/c1-2-3-9-24-18(23)21-15-7-6-14-5-4-8-22(17(14)10-15)12-16-11-19-13-20-16/h6-7,10-11,13H,4-5,8-9,12H2,1H3,(H,19,20)(H,21,23). The Morgan fingerprint density at radius 2 is 2.42 bits per heavy atom. The van der Waals surface area contributed by atoms with Gasteiger partial charge >= 0.3 is 6.09 Å². The van der Waals surface area contributed by atoms with Crippen molar-refractivity contribution in [2.75, 3.05) is 23.4 Å². The molecule has 3 rings (SSSR count). The molecule has 0 atom stereocenters. The molecule has 0 spiro atoms. The summed E-state index contributed by atoms with van der Waals surface area (Å²) in [5, 5.41) is 2.75. The number of fused-ring (bicyclic) bond motifs is 1. The van der Waals surface area contributed by atoms with Gasteiger partial charge in [-0.25, -0.2) is 9.78 Å². The Morgan fingerprint density at radius 3 is 3.21 bits per heavy atom. The lowest BCUT2D eigenvalue weighted by molar-refractivity contribution is 0.176. The Hall–Kier alpha value is -2.94. The fourth-order valence-corrected chi connectivity index (χ4v) is 2.79.